The van der Waals surface area contributed by atoms with Gasteiger partial charge in [0, 0.05) is 18.9 Å². The molecule has 7 nitrogen and oxygen atoms in total. The van der Waals surface area contributed by atoms with E-state index in [1.165, 1.54) is 16.7 Å². The maximum atomic E-state index is 12.1. The first-order valence-corrected chi connectivity index (χ1v) is 10.7. The zero-order valence-electron chi connectivity index (χ0n) is 18.1. The Kier molecular flexibility index (Phi) is 5.46. The Morgan fingerprint density at radius 1 is 0.970 bits per heavy atom. The molecule has 1 amide bonds. The summed E-state index contributed by atoms with van der Waals surface area (Å²) in [6, 6.07) is 22.5. The summed E-state index contributed by atoms with van der Waals surface area (Å²) < 4.78 is 3.55. The molecular weight excluding hydrogens is 414 g/mol. The average molecular weight is 438 g/mol. The van der Waals surface area contributed by atoms with Gasteiger partial charge in [-0.25, -0.2) is 9.67 Å². The van der Waals surface area contributed by atoms with Gasteiger partial charge in [-0.2, -0.15) is 5.10 Å². The van der Waals surface area contributed by atoms with Gasteiger partial charge < -0.3 is 10.4 Å². The van der Waals surface area contributed by atoms with Crippen molar-refractivity contribution < 1.29 is 9.90 Å². The fraction of sp³-hybridized carbons (Fsp3) is 0.115. The predicted octanol–water partition coefficient (Wildman–Crippen LogP) is 3.88. The molecule has 0 unspecified atom stereocenters. The van der Waals surface area contributed by atoms with Gasteiger partial charge in [-0.1, -0.05) is 48.5 Å². The molecule has 0 spiro atoms. The lowest BCUT2D eigenvalue weighted by atomic mass is 9.93. The van der Waals surface area contributed by atoms with E-state index in [1.807, 2.05) is 16.7 Å². The summed E-state index contributed by atoms with van der Waals surface area (Å²) in [5, 5.41) is 15.8. The van der Waals surface area contributed by atoms with Crippen molar-refractivity contribution in [2.75, 3.05) is 13.2 Å². The predicted molar refractivity (Wildman–Crippen MR) is 127 cm³/mol. The highest BCUT2D eigenvalue weighted by Gasteiger charge is 2.14. The van der Waals surface area contributed by atoms with Crippen molar-refractivity contribution >= 4 is 11.6 Å². The van der Waals surface area contributed by atoms with Gasteiger partial charge in [0.05, 0.1) is 12.8 Å². The number of nitrogens with zero attached hydrogens (tertiary/aromatic N) is 4. The molecule has 5 aromatic rings. The first-order valence-electron chi connectivity index (χ1n) is 10.7. The molecule has 7 heteroatoms. The summed E-state index contributed by atoms with van der Waals surface area (Å²) in [5.74, 6) is 0.403. The fourth-order valence-corrected chi connectivity index (χ4v) is 4.02. The molecule has 0 radical (unpaired) electrons. The smallest absolute Gasteiger partial charge is 0.271 e. The van der Waals surface area contributed by atoms with Crippen LogP contribution in [0.15, 0.2) is 85.3 Å². The number of nitrogens with one attached hydrogen (secondary N) is 1. The molecule has 0 fully saturated rings. The molecule has 0 atom stereocenters. The van der Waals surface area contributed by atoms with Gasteiger partial charge in [0.2, 0.25) is 0 Å². The number of fused-ring (bicyclic) bond motifs is 1. The van der Waals surface area contributed by atoms with Crippen molar-refractivity contribution in [3.63, 3.8) is 0 Å². The van der Waals surface area contributed by atoms with Gasteiger partial charge in [0.1, 0.15) is 5.65 Å². The molecule has 0 aliphatic heterocycles. The quantitative estimate of drug-likeness (QED) is 0.422. The van der Waals surface area contributed by atoms with Crippen LogP contribution in [0.5, 0.6) is 0 Å². The molecule has 0 bridgehead atoms. The van der Waals surface area contributed by atoms with E-state index in [9.17, 15) is 4.79 Å². The van der Waals surface area contributed by atoms with Crippen molar-refractivity contribution in [3.05, 3.63) is 96.6 Å². The van der Waals surface area contributed by atoms with E-state index in [-0.39, 0.29) is 24.8 Å². The van der Waals surface area contributed by atoms with E-state index in [2.05, 4.69) is 76.9 Å². The van der Waals surface area contributed by atoms with Crippen LogP contribution in [0.2, 0.25) is 0 Å². The highest BCUT2D eigenvalue weighted by molar-refractivity contribution is 5.92. The van der Waals surface area contributed by atoms with E-state index in [1.54, 1.807) is 23.1 Å². The maximum absolute atomic E-state index is 12.1. The number of rotatable bonds is 6. The van der Waals surface area contributed by atoms with Gasteiger partial charge in [0.15, 0.2) is 11.5 Å². The van der Waals surface area contributed by atoms with E-state index in [4.69, 9.17) is 5.11 Å². The van der Waals surface area contributed by atoms with Gasteiger partial charge in [-0.05, 0) is 52.9 Å². The Labute approximate surface area is 191 Å². The summed E-state index contributed by atoms with van der Waals surface area (Å²) in [6.45, 7) is 2.22. The maximum Gasteiger partial charge on any atom is 0.271 e. The fourth-order valence-electron chi connectivity index (χ4n) is 4.02. The number of hydrogen-bond donors (Lipinski definition) is 2. The van der Waals surface area contributed by atoms with Crippen LogP contribution in [0.4, 0.5) is 0 Å². The molecule has 33 heavy (non-hydrogen) atoms. The van der Waals surface area contributed by atoms with Crippen LogP contribution in [-0.2, 0) is 0 Å². The molecule has 5 rings (SSSR count). The van der Waals surface area contributed by atoms with Crippen LogP contribution >= 0.6 is 0 Å². The third-order valence-electron chi connectivity index (χ3n) is 5.68. The molecule has 164 valence electrons. The summed E-state index contributed by atoms with van der Waals surface area (Å²) >= 11 is 0. The topological polar surface area (TPSA) is 84.5 Å². The highest BCUT2D eigenvalue weighted by atomic mass is 16.3. The van der Waals surface area contributed by atoms with E-state index < -0.39 is 0 Å². The number of imidazole rings is 1. The second-order valence-corrected chi connectivity index (χ2v) is 7.73. The third-order valence-corrected chi connectivity index (χ3v) is 5.68. The number of aliphatic hydroxyl groups is 1. The van der Waals surface area contributed by atoms with Crippen LogP contribution < -0.4 is 5.32 Å². The van der Waals surface area contributed by atoms with Crippen LogP contribution in [0.25, 0.3) is 33.7 Å². The SMILES string of the molecule is Cc1c(-c2ccccc2)cccc1-c1ccn2c(-n3ccc(C(=O)NCCO)n3)cnc2c1. The number of carbonyl (C=O) groups excluding carboxylic acids is 1. The number of pyridine rings is 1. The molecular formula is C26H23N5O2. The monoisotopic (exact) mass is 437 g/mol. The lowest BCUT2D eigenvalue weighted by Gasteiger charge is -2.12. The van der Waals surface area contributed by atoms with Crippen molar-refractivity contribution in [2.45, 2.75) is 6.92 Å². The number of aliphatic hydroxyl groups excluding tert-OH is 1. The average Bonchev–Trinajstić information content (AvgIpc) is 3.50. The number of aromatic nitrogens is 4. The molecule has 2 aromatic carbocycles. The molecule has 0 aliphatic rings. The zero-order chi connectivity index (χ0) is 22.8. The van der Waals surface area contributed by atoms with Gasteiger partial charge >= 0.3 is 0 Å². The van der Waals surface area contributed by atoms with Crippen LogP contribution in [-0.4, -0.2) is 43.3 Å². The second-order valence-electron chi connectivity index (χ2n) is 7.73. The number of carbonyl (C=O) groups is 1. The molecule has 0 saturated carbocycles. The van der Waals surface area contributed by atoms with Crippen molar-refractivity contribution in [2.24, 2.45) is 0 Å². The largest absolute Gasteiger partial charge is 0.395 e. The first kappa shape index (κ1) is 20.7. The Balaban J connectivity index is 1.49. The summed E-state index contributed by atoms with van der Waals surface area (Å²) in [6.07, 6.45) is 5.42. The lowest BCUT2D eigenvalue weighted by Crippen LogP contribution is -2.26. The van der Waals surface area contributed by atoms with Crippen molar-refractivity contribution in [1.29, 1.82) is 0 Å². The Morgan fingerprint density at radius 2 is 1.76 bits per heavy atom. The third kappa shape index (κ3) is 3.90. The van der Waals surface area contributed by atoms with E-state index >= 15 is 0 Å². The lowest BCUT2D eigenvalue weighted by molar-refractivity contribution is 0.0939. The van der Waals surface area contributed by atoms with E-state index in [0.717, 1.165) is 22.6 Å². The Hall–Kier alpha value is -4.23. The normalized spacial score (nSPS) is 11.1. The summed E-state index contributed by atoms with van der Waals surface area (Å²) in [4.78, 5) is 16.7. The van der Waals surface area contributed by atoms with Gasteiger partial charge in [-0.15, -0.1) is 0 Å². The zero-order valence-corrected chi connectivity index (χ0v) is 18.1. The van der Waals surface area contributed by atoms with Crippen LogP contribution in [0.1, 0.15) is 16.1 Å². The number of hydrogen-bond acceptors (Lipinski definition) is 4. The van der Waals surface area contributed by atoms with E-state index in [0.29, 0.717) is 0 Å². The minimum Gasteiger partial charge on any atom is -0.395 e. The summed E-state index contributed by atoms with van der Waals surface area (Å²) in [5.41, 5.74) is 6.92. The minimum atomic E-state index is -0.326. The van der Waals surface area contributed by atoms with Gasteiger partial charge in [0.25, 0.3) is 5.91 Å². The van der Waals surface area contributed by atoms with Gasteiger partial charge in [-0.3, -0.25) is 9.20 Å². The second kappa shape index (κ2) is 8.72. The molecule has 3 heterocycles. The number of amides is 1. The van der Waals surface area contributed by atoms with Crippen molar-refractivity contribution in [3.8, 4) is 28.1 Å². The first-order chi connectivity index (χ1) is 16.2. The number of benzene rings is 2. The van der Waals surface area contributed by atoms with Crippen LogP contribution in [0.3, 0.4) is 0 Å². The highest BCUT2D eigenvalue weighted by Crippen LogP contribution is 2.32. The van der Waals surface area contributed by atoms with Crippen molar-refractivity contribution in [1.82, 2.24) is 24.5 Å². The Morgan fingerprint density at radius 3 is 2.55 bits per heavy atom. The molecule has 0 saturated heterocycles. The molecule has 2 N–H and O–H groups in total. The minimum absolute atomic E-state index is 0.115. The van der Waals surface area contributed by atoms with Crippen LogP contribution in [0, 0.1) is 6.92 Å². The standard InChI is InChI=1S/C26H23N5O2/c1-18-21(19-6-3-2-4-7-19)8-5-9-22(18)20-10-13-30-24(16-20)28-17-25(30)31-14-11-23(29-31)26(33)27-12-15-32/h2-11,13-14,16-17,32H,12,15H2,1H3,(H,27,33). The summed E-state index contributed by atoms with van der Waals surface area (Å²) in [7, 11) is 0. The molecule has 3 aromatic heterocycles. The Bertz CT molecular complexity index is 1440. The molecule has 0 aliphatic carbocycles.